The minimum Gasteiger partial charge on any atom is -0.289 e. The lowest BCUT2D eigenvalue weighted by molar-refractivity contribution is 0.100. The number of rotatable bonds is 1. The Balaban J connectivity index is 2.18. The van der Waals surface area contributed by atoms with Crippen LogP contribution in [0.1, 0.15) is 25.6 Å². The number of fused-ring (bicyclic) bond motifs is 1. The fourth-order valence-corrected chi connectivity index (χ4v) is 2.67. The summed E-state index contributed by atoms with van der Waals surface area (Å²) in [6, 6.07) is 10.7. The Morgan fingerprint density at radius 3 is 2.35 bits per heavy atom. The zero-order valence-corrected chi connectivity index (χ0v) is 9.66. The van der Waals surface area contributed by atoms with Crippen LogP contribution < -0.4 is 0 Å². The summed E-state index contributed by atoms with van der Waals surface area (Å²) in [5.41, 5.74) is 1.50. The van der Waals surface area contributed by atoms with Crippen molar-refractivity contribution in [3.8, 4) is 0 Å². The Labute approximate surface area is 102 Å². The van der Waals surface area contributed by atoms with Crippen LogP contribution >= 0.6 is 11.3 Å². The number of thiophene rings is 1. The second-order valence-electron chi connectivity index (χ2n) is 3.77. The smallest absolute Gasteiger partial charge is 0.195 e. The molecule has 3 heteroatoms. The van der Waals surface area contributed by atoms with Crippen molar-refractivity contribution in [2.24, 2.45) is 0 Å². The molecule has 0 unspecified atom stereocenters. The predicted molar refractivity (Wildman–Crippen MR) is 67.4 cm³/mol. The van der Waals surface area contributed by atoms with Gasteiger partial charge in [0, 0.05) is 21.6 Å². The summed E-state index contributed by atoms with van der Waals surface area (Å²) in [6.07, 6.45) is 1.44. The first-order valence-electron chi connectivity index (χ1n) is 5.21. The third-order valence-electron chi connectivity index (χ3n) is 2.74. The van der Waals surface area contributed by atoms with Crippen LogP contribution in [0.4, 0.5) is 0 Å². The molecule has 1 aromatic carbocycles. The van der Waals surface area contributed by atoms with Gasteiger partial charge in [-0.2, -0.15) is 0 Å². The van der Waals surface area contributed by atoms with Gasteiger partial charge in [-0.05, 0) is 17.5 Å². The normalized spacial score (nSPS) is 14.5. The molecule has 0 N–H and O–H groups in total. The predicted octanol–water partition coefficient (Wildman–Crippen LogP) is 3.21. The van der Waals surface area contributed by atoms with Crippen LogP contribution in [0.15, 0.2) is 47.9 Å². The summed E-state index contributed by atoms with van der Waals surface area (Å²) >= 11 is 1.47. The van der Waals surface area contributed by atoms with Crippen molar-refractivity contribution in [3.63, 3.8) is 0 Å². The summed E-state index contributed by atoms with van der Waals surface area (Å²) in [4.78, 5) is 25.0. The van der Waals surface area contributed by atoms with Gasteiger partial charge in [-0.15, -0.1) is 11.3 Å². The van der Waals surface area contributed by atoms with Gasteiger partial charge >= 0.3 is 0 Å². The molecule has 0 fully saturated rings. The average Bonchev–Trinajstić information content (AvgIpc) is 2.87. The third kappa shape index (κ3) is 1.56. The second kappa shape index (κ2) is 3.79. The van der Waals surface area contributed by atoms with E-state index in [0.717, 1.165) is 4.88 Å². The van der Waals surface area contributed by atoms with E-state index in [0.29, 0.717) is 16.7 Å². The molecule has 1 heterocycles. The first-order chi connectivity index (χ1) is 8.27. The van der Waals surface area contributed by atoms with Crippen molar-refractivity contribution in [1.29, 1.82) is 0 Å². The highest BCUT2D eigenvalue weighted by Crippen LogP contribution is 2.29. The zero-order chi connectivity index (χ0) is 11.8. The van der Waals surface area contributed by atoms with Crippen LogP contribution in [0.3, 0.4) is 0 Å². The number of allylic oxidation sites excluding steroid dienone is 2. The maximum Gasteiger partial charge on any atom is 0.195 e. The van der Waals surface area contributed by atoms with Crippen LogP contribution in [0.5, 0.6) is 0 Å². The SMILES string of the molecule is O=C1C=C(c2cccs2)C(=O)c2ccccc21. The van der Waals surface area contributed by atoms with Gasteiger partial charge in [-0.1, -0.05) is 30.3 Å². The van der Waals surface area contributed by atoms with Gasteiger partial charge in [0.05, 0.1) is 0 Å². The van der Waals surface area contributed by atoms with Crippen molar-refractivity contribution in [1.82, 2.24) is 0 Å². The Hall–Kier alpha value is -2.00. The van der Waals surface area contributed by atoms with Crippen LogP contribution in [0, 0.1) is 0 Å². The van der Waals surface area contributed by atoms with Gasteiger partial charge in [0.1, 0.15) is 0 Å². The van der Waals surface area contributed by atoms with Crippen molar-refractivity contribution in [2.75, 3.05) is 0 Å². The van der Waals surface area contributed by atoms with E-state index in [1.54, 1.807) is 24.3 Å². The molecular weight excluding hydrogens is 232 g/mol. The van der Waals surface area contributed by atoms with E-state index in [4.69, 9.17) is 0 Å². The first-order valence-corrected chi connectivity index (χ1v) is 6.09. The van der Waals surface area contributed by atoms with Crippen LogP contribution in [0.25, 0.3) is 5.57 Å². The van der Waals surface area contributed by atoms with Crippen LogP contribution in [0.2, 0.25) is 0 Å². The molecule has 2 nitrogen and oxygen atoms in total. The lowest BCUT2D eigenvalue weighted by Gasteiger charge is -2.13. The van der Waals surface area contributed by atoms with Gasteiger partial charge in [0.25, 0.3) is 0 Å². The molecule has 0 saturated heterocycles. The molecule has 1 aliphatic rings. The molecular formula is C14H8O2S. The van der Waals surface area contributed by atoms with E-state index in [2.05, 4.69) is 0 Å². The molecule has 0 atom stereocenters. The molecule has 3 rings (SSSR count). The van der Waals surface area contributed by atoms with E-state index in [-0.39, 0.29) is 11.6 Å². The molecule has 2 aromatic rings. The number of carbonyl (C=O) groups excluding carboxylic acids is 2. The zero-order valence-electron chi connectivity index (χ0n) is 8.84. The highest BCUT2D eigenvalue weighted by molar-refractivity contribution is 7.11. The molecule has 0 saturated carbocycles. The molecule has 1 aromatic heterocycles. The Morgan fingerprint density at radius 1 is 0.882 bits per heavy atom. The topological polar surface area (TPSA) is 34.1 Å². The summed E-state index contributed by atoms with van der Waals surface area (Å²) in [7, 11) is 0. The number of Topliss-reactive ketones (excluding diaryl/α,β-unsaturated/α-hetero) is 1. The Bertz CT molecular complexity index is 636. The summed E-state index contributed by atoms with van der Waals surface area (Å²) in [5.74, 6) is -0.161. The fraction of sp³-hybridized carbons (Fsp3) is 0. The number of hydrogen-bond acceptors (Lipinski definition) is 3. The van der Waals surface area contributed by atoms with E-state index < -0.39 is 0 Å². The van der Waals surface area contributed by atoms with Crippen molar-refractivity contribution in [3.05, 3.63) is 63.9 Å². The summed E-state index contributed by atoms with van der Waals surface area (Å²) in [6.45, 7) is 0. The molecule has 0 bridgehead atoms. The highest BCUT2D eigenvalue weighted by Gasteiger charge is 2.26. The molecule has 82 valence electrons. The Morgan fingerprint density at radius 2 is 1.65 bits per heavy atom. The van der Waals surface area contributed by atoms with Crippen LogP contribution in [-0.4, -0.2) is 11.6 Å². The monoisotopic (exact) mass is 240 g/mol. The summed E-state index contributed by atoms with van der Waals surface area (Å²) < 4.78 is 0. The van der Waals surface area contributed by atoms with Crippen molar-refractivity contribution < 1.29 is 9.59 Å². The second-order valence-corrected chi connectivity index (χ2v) is 4.72. The van der Waals surface area contributed by atoms with E-state index >= 15 is 0 Å². The summed E-state index contributed by atoms with van der Waals surface area (Å²) in [5, 5.41) is 1.90. The number of carbonyl (C=O) groups is 2. The Kier molecular flexibility index (Phi) is 2.27. The third-order valence-corrected chi connectivity index (χ3v) is 3.65. The van der Waals surface area contributed by atoms with Gasteiger partial charge in [-0.25, -0.2) is 0 Å². The van der Waals surface area contributed by atoms with Gasteiger partial charge in [0.2, 0.25) is 0 Å². The van der Waals surface area contributed by atoms with E-state index in [9.17, 15) is 9.59 Å². The number of ketones is 2. The number of benzene rings is 1. The average molecular weight is 240 g/mol. The maximum absolute atomic E-state index is 12.2. The van der Waals surface area contributed by atoms with Crippen LogP contribution in [-0.2, 0) is 0 Å². The maximum atomic E-state index is 12.2. The standard InChI is InChI=1S/C14H8O2S/c15-12-8-11(13-6-3-7-17-13)14(16)10-5-2-1-4-9(10)12/h1-8H. The van der Waals surface area contributed by atoms with E-state index in [1.165, 1.54) is 17.4 Å². The molecule has 1 aliphatic carbocycles. The lowest BCUT2D eigenvalue weighted by atomic mass is 9.89. The molecule has 0 aliphatic heterocycles. The molecule has 0 amide bonds. The quantitative estimate of drug-likeness (QED) is 0.767. The number of hydrogen-bond donors (Lipinski definition) is 0. The highest BCUT2D eigenvalue weighted by atomic mass is 32.1. The minimum atomic E-state index is -0.0939. The minimum absolute atomic E-state index is 0.0670. The van der Waals surface area contributed by atoms with Gasteiger partial charge in [-0.3, -0.25) is 9.59 Å². The molecule has 17 heavy (non-hydrogen) atoms. The molecule has 0 spiro atoms. The largest absolute Gasteiger partial charge is 0.289 e. The lowest BCUT2D eigenvalue weighted by Crippen LogP contribution is -2.15. The van der Waals surface area contributed by atoms with Crippen molar-refractivity contribution >= 4 is 28.5 Å². The van der Waals surface area contributed by atoms with Gasteiger partial charge in [0.15, 0.2) is 11.6 Å². The van der Waals surface area contributed by atoms with Gasteiger partial charge < -0.3 is 0 Å². The fourth-order valence-electron chi connectivity index (χ4n) is 1.93. The van der Waals surface area contributed by atoms with Crippen molar-refractivity contribution in [2.45, 2.75) is 0 Å². The molecule has 0 radical (unpaired) electrons. The first kappa shape index (κ1) is 10.2. The van der Waals surface area contributed by atoms with E-state index in [1.807, 2.05) is 17.5 Å².